The van der Waals surface area contributed by atoms with Gasteiger partial charge in [-0.25, -0.2) is 0 Å². The quantitative estimate of drug-likeness (QED) is 0.644. The second-order valence-corrected chi connectivity index (χ2v) is 8.13. The molecule has 2 aromatic carbocycles. The molecule has 1 amide bonds. The van der Waals surface area contributed by atoms with Crippen molar-refractivity contribution in [2.75, 3.05) is 6.54 Å². The number of aliphatic hydroxyl groups excluding tert-OH is 1. The van der Waals surface area contributed by atoms with Crippen LogP contribution in [0.5, 0.6) is 0 Å². The molecule has 0 bridgehead atoms. The van der Waals surface area contributed by atoms with Gasteiger partial charge in [0.1, 0.15) is 0 Å². The van der Waals surface area contributed by atoms with Crippen molar-refractivity contribution in [1.82, 2.24) is 5.32 Å². The SMILES string of the molecule is C#Cc1ccc([C@H]2C=C(C(=O)NCC3CC3)O[C@@H](OCc3ccc(CO)cc3)C2)cc1. The predicted molar refractivity (Wildman–Crippen MR) is 118 cm³/mol. The van der Waals surface area contributed by atoms with Crippen molar-refractivity contribution in [3.63, 3.8) is 0 Å². The number of carbonyl (C=O) groups is 1. The molecular weight excluding hydrogens is 390 g/mol. The second-order valence-electron chi connectivity index (χ2n) is 8.13. The van der Waals surface area contributed by atoms with Gasteiger partial charge in [0.2, 0.25) is 6.29 Å². The highest BCUT2D eigenvalue weighted by molar-refractivity contribution is 5.91. The lowest BCUT2D eigenvalue weighted by atomic mass is 9.92. The zero-order valence-corrected chi connectivity index (χ0v) is 17.4. The molecule has 0 spiro atoms. The molecule has 5 heteroatoms. The predicted octanol–water partition coefficient (Wildman–Crippen LogP) is 3.62. The van der Waals surface area contributed by atoms with Crippen molar-refractivity contribution in [3.05, 3.63) is 82.6 Å². The van der Waals surface area contributed by atoms with E-state index in [4.69, 9.17) is 15.9 Å². The Bertz CT molecular complexity index is 968. The molecule has 1 aliphatic carbocycles. The van der Waals surface area contributed by atoms with E-state index in [2.05, 4.69) is 11.2 Å². The minimum atomic E-state index is -0.540. The Balaban J connectivity index is 1.46. The molecule has 31 heavy (non-hydrogen) atoms. The average molecular weight is 418 g/mol. The summed E-state index contributed by atoms with van der Waals surface area (Å²) in [5, 5.41) is 12.2. The Kier molecular flexibility index (Phi) is 6.71. The summed E-state index contributed by atoms with van der Waals surface area (Å²) in [6.07, 6.45) is 9.75. The number of rotatable bonds is 8. The third-order valence-electron chi connectivity index (χ3n) is 5.68. The molecular formula is C26H27NO4. The minimum Gasteiger partial charge on any atom is -0.459 e. The van der Waals surface area contributed by atoms with Gasteiger partial charge in [-0.3, -0.25) is 4.79 Å². The fraction of sp³-hybridized carbons (Fsp3) is 0.346. The van der Waals surface area contributed by atoms with Gasteiger partial charge in [-0.1, -0.05) is 42.3 Å². The van der Waals surface area contributed by atoms with E-state index in [1.165, 1.54) is 12.8 Å². The van der Waals surface area contributed by atoms with Gasteiger partial charge in [-0.05, 0) is 53.7 Å². The molecule has 160 valence electrons. The molecule has 2 aliphatic rings. The molecule has 0 radical (unpaired) electrons. The zero-order chi connectivity index (χ0) is 21.6. The lowest BCUT2D eigenvalue weighted by Gasteiger charge is -2.29. The van der Waals surface area contributed by atoms with Crippen LogP contribution in [-0.4, -0.2) is 23.8 Å². The summed E-state index contributed by atoms with van der Waals surface area (Å²) in [4.78, 5) is 12.7. The molecule has 2 atom stereocenters. The number of nitrogens with one attached hydrogen (secondary N) is 1. The normalized spacial score (nSPS) is 20.3. The van der Waals surface area contributed by atoms with Gasteiger partial charge in [0, 0.05) is 24.4 Å². The van der Waals surface area contributed by atoms with Crippen LogP contribution in [-0.2, 0) is 27.5 Å². The first-order chi connectivity index (χ1) is 15.1. The first kappa shape index (κ1) is 21.2. The molecule has 1 aliphatic heterocycles. The number of aliphatic hydroxyl groups is 1. The molecule has 2 N–H and O–H groups in total. The number of carbonyl (C=O) groups excluding carboxylic acids is 1. The molecule has 0 aromatic heterocycles. The van der Waals surface area contributed by atoms with Crippen LogP contribution in [0, 0.1) is 18.3 Å². The van der Waals surface area contributed by atoms with E-state index in [0.29, 0.717) is 31.2 Å². The van der Waals surface area contributed by atoms with Gasteiger partial charge in [0.25, 0.3) is 5.91 Å². The van der Waals surface area contributed by atoms with Crippen LogP contribution in [0.3, 0.4) is 0 Å². The number of allylic oxidation sites excluding steroid dienone is 1. The lowest BCUT2D eigenvalue weighted by molar-refractivity contribution is -0.150. The van der Waals surface area contributed by atoms with Crippen molar-refractivity contribution >= 4 is 5.91 Å². The van der Waals surface area contributed by atoms with E-state index < -0.39 is 6.29 Å². The summed E-state index contributed by atoms with van der Waals surface area (Å²) < 4.78 is 11.9. The smallest absolute Gasteiger partial charge is 0.286 e. The summed E-state index contributed by atoms with van der Waals surface area (Å²) >= 11 is 0. The summed E-state index contributed by atoms with van der Waals surface area (Å²) in [5.41, 5.74) is 3.72. The molecule has 1 saturated carbocycles. The van der Waals surface area contributed by atoms with E-state index in [-0.39, 0.29) is 18.4 Å². The largest absolute Gasteiger partial charge is 0.459 e. The molecule has 5 nitrogen and oxygen atoms in total. The third-order valence-corrected chi connectivity index (χ3v) is 5.68. The van der Waals surface area contributed by atoms with Crippen molar-refractivity contribution < 1.29 is 19.4 Å². The molecule has 0 saturated heterocycles. The van der Waals surface area contributed by atoms with Crippen LogP contribution in [0.4, 0.5) is 0 Å². The molecule has 4 rings (SSSR count). The number of ether oxygens (including phenoxy) is 2. The van der Waals surface area contributed by atoms with Crippen LogP contribution < -0.4 is 5.32 Å². The monoisotopic (exact) mass is 417 g/mol. The minimum absolute atomic E-state index is 0.0102. The van der Waals surface area contributed by atoms with Crippen LogP contribution in [0.25, 0.3) is 0 Å². The Morgan fingerprint density at radius 2 is 1.84 bits per heavy atom. The summed E-state index contributed by atoms with van der Waals surface area (Å²) in [5.74, 6) is 3.32. The van der Waals surface area contributed by atoms with Gasteiger partial charge in [0.05, 0.1) is 13.2 Å². The summed E-state index contributed by atoms with van der Waals surface area (Å²) in [7, 11) is 0. The maximum Gasteiger partial charge on any atom is 0.286 e. The molecule has 1 heterocycles. The highest BCUT2D eigenvalue weighted by Gasteiger charge is 2.30. The Labute approximate surface area is 183 Å². The average Bonchev–Trinajstić information content (AvgIpc) is 3.66. The first-order valence-corrected chi connectivity index (χ1v) is 10.7. The molecule has 0 unspecified atom stereocenters. The Morgan fingerprint density at radius 3 is 2.48 bits per heavy atom. The molecule has 1 fully saturated rings. The topological polar surface area (TPSA) is 67.8 Å². The highest BCUT2D eigenvalue weighted by Crippen LogP contribution is 2.32. The standard InChI is InChI=1S/C26H27NO4/c1-2-18-9-11-22(12-10-18)23-13-24(26(29)27-15-19-3-4-19)31-25(14-23)30-17-21-7-5-20(16-28)6-8-21/h1,5-13,19,23,25,28H,3-4,14-17H2,(H,27,29)/t23-,25+/m0/s1. The van der Waals surface area contributed by atoms with Gasteiger partial charge < -0.3 is 19.9 Å². The number of benzene rings is 2. The van der Waals surface area contributed by atoms with Crippen molar-refractivity contribution in [2.24, 2.45) is 5.92 Å². The van der Waals surface area contributed by atoms with Crippen LogP contribution in [0.15, 0.2) is 60.4 Å². The van der Waals surface area contributed by atoms with Crippen molar-refractivity contribution in [2.45, 2.75) is 44.7 Å². The van der Waals surface area contributed by atoms with E-state index in [0.717, 1.165) is 22.3 Å². The fourth-order valence-electron chi connectivity index (χ4n) is 3.55. The second kappa shape index (κ2) is 9.82. The maximum atomic E-state index is 12.7. The van der Waals surface area contributed by atoms with Gasteiger partial charge in [0.15, 0.2) is 5.76 Å². The van der Waals surface area contributed by atoms with E-state index in [9.17, 15) is 9.90 Å². The number of terminal acetylenes is 1. The Hall–Kier alpha value is -3.07. The summed E-state index contributed by atoms with van der Waals surface area (Å²) in [6.45, 7) is 1.05. The van der Waals surface area contributed by atoms with Gasteiger partial charge in [-0.2, -0.15) is 0 Å². The van der Waals surface area contributed by atoms with Gasteiger partial charge in [-0.15, -0.1) is 6.42 Å². The number of hydrogen-bond acceptors (Lipinski definition) is 4. The van der Waals surface area contributed by atoms with Crippen molar-refractivity contribution in [3.8, 4) is 12.3 Å². The van der Waals surface area contributed by atoms with Crippen molar-refractivity contribution in [1.29, 1.82) is 0 Å². The zero-order valence-electron chi connectivity index (χ0n) is 17.4. The number of amides is 1. The maximum absolute atomic E-state index is 12.7. The van der Waals surface area contributed by atoms with Crippen LogP contribution >= 0.6 is 0 Å². The summed E-state index contributed by atoms with van der Waals surface area (Å²) in [6, 6.07) is 15.4. The van der Waals surface area contributed by atoms with Crippen LogP contribution in [0.1, 0.15) is 47.4 Å². The third kappa shape index (κ3) is 5.75. The van der Waals surface area contributed by atoms with E-state index in [1.54, 1.807) is 0 Å². The lowest BCUT2D eigenvalue weighted by Crippen LogP contribution is -2.33. The fourth-order valence-corrected chi connectivity index (χ4v) is 3.55. The molecule has 2 aromatic rings. The van der Waals surface area contributed by atoms with Crippen LogP contribution in [0.2, 0.25) is 0 Å². The van der Waals surface area contributed by atoms with Gasteiger partial charge >= 0.3 is 0 Å². The number of hydrogen-bond donors (Lipinski definition) is 2. The Morgan fingerprint density at radius 1 is 1.13 bits per heavy atom. The van der Waals surface area contributed by atoms with E-state index >= 15 is 0 Å². The van der Waals surface area contributed by atoms with E-state index in [1.807, 2.05) is 54.6 Å². The first-order valence-electron chi connectivity index (χ1n) is 10.7. The highest BCUT2D eigenvalue weighted by atomic mass is 16.7.